The Balaban J connectivity index is 3.45. The van der Waals surface area contributed by atoms with Gasteiger partial charge in [-0.15, -0.1) is 0 Å². The molecule has 0 aromatic heterocycles. The fourth-order valence-electron chi connectivity index (χ4n) is 2.40. The number of ether oxygens (including phenoxy) is 2. The smallest absolute Gasteiger partial charge is 0.125 e. The van der Waals surface area contributed by atoms with Crippen molar-refractivity contribution < 1.29 is 9.47 Å². The summed E-state index contributed by atoms with van der Waals surface area (Å²) in [6.07, 6.45) is 0. The van der Waals surface area contributed by atoms with Crippen LogP contribution in [0.2, 0.25) is 0 Å². The van der Waals surface area contributed by atoms with Crippen molar-refractivity contribution in [3.05, 3.63) is 22.8 Å². The van der Waals surface area contributed by atoms with Crippen molar-refractivity contribution in [2.24, 2.45) is 11.7 Å². The highest BCUT2D eigenvalue weighted by Crippen LogP contribution is 2.39. The fourth-order valence-corrected chi connectivity index (χ4v) is 2.40. The molecule has 0 radical (unpaired) electrons. The van der Waals surface area contributed by atoms with Crippen LogP contribution in [0.25, 0.3) is 0 Å². The molecule has 3 nitrogen and oxygen atoms in total. The average Bonchev–Trinajstić information content (AvgIpc) is 2.34. The van der Waals surface area contributed by atoms with Crippen LogP contribution >= 0.6 is 0 Å². The van der Waals surface area contributed by atoms with E-state index in [1.165, 1.54) is 0 Å². The largest absolute Gasteiger partial charge is 0.496 e. The molecule has 3 heteroatoms. The molecule has 0 saturated carbocycles. The molecule has 0 aliphatic heterocycles. The van der Waals surface area contributed by atoms with Gasteiger partial charge in [0, 0.05) is 11.5 Å². The number of rotatable bonds is 5. The molecule has 1 aromatic rings. The minimum absolute atomic E-state index is 0.285. The lowest BCUT2D eigenvalue weighted by molar-refractivity contribution is 0.382. The third-order valence-electron chi connectivity index (χ3n) is 3.70. The Bertz CT molecular complexity index is 413. The molecule has 0 aliphatic carbocycles. The predicted octanol–water partition coefficient (Wildman–Crippen LogP) is 3.02. The summed E-state index contributed by atoms with van der Waals surface area (Å²) >= 11 is 0. The summed E-state index contributed by atoms with van der Waals surface area (Å²) in [5.74, 6) is 2.60. The molecule has 0 aliphatic rings. The van der Waals surface area contributed by atoms with E-state index in [0.29, 0.717) is 12.5 Å². The van der Waals surface area contributed by atoms with Crippen molar-refractivity contribution >= 4 is 0 Å². The Hall–Kier alpha value is -1.22. The first-order valence-electron chi connectivity index (χ1n) is 6.40. The Morgan fingerprint density at radius 2 is 1.72 bits per heavy atom. The molecule has 1 aromatic carbocycles. The highest BCUT2D eigenvalue weighted by molar-refractivity contribution is 5.54. The van der Waals surface area contributed by atoms with Crippen molar-refractivity contribution in [1.29, 1.82) is 0 Å². The van der Waals surface area contributed by atoms with Crippen molar-refractivity contribution in [3.63, 3.8) is 0 Å². The molecule has 0 saturated heterocycles. The van der Waals surface area contributed by atoms with Gasteiger partial charge in [0.05, 0.1) is 14.2 Å². The van der Waals surface area contributed by atoms with E-state index in [4.69, 9.17) is 15.2 Å². The van der Waals surface area contributed by atoms with E-state index < -0.39 is 0 Å². The van der Waals surface area contributed by atoms with Gasteiger partial charge in [-0.25, -0.2) is 0 Å². The number of benzene rings is 1. The van der Waals surface area contributed by atoms with Crippen LogP contribution in [-0.4, -0.2) is 20.8 Å². The summed E-state index contributed by atoms with van der Waals surface area (Å²) in [6, 6.07) is 2.07. The van der Waals surface area contributed by atoms with Gasteiger partial charge in [0.15, 0.2) is 0 Å². The van der Waals surface area contributed by atoms with E-state index in [-0.39, 0.29) is 5.92 Å². The quantitative estimate of drug-likeness (QED) is 0.875. The highest BCUT2D eigenvalue weighted by Gasteiger charge is 2.22. The van der Waals surface area contributed by atoms with Gasteiger partial charge in [-0.3, -0.25) is 0 Å². The minimum Gasteiger partial charge on any atom is -0.496 e. The summed E-state index contributed by atoms with van der Waals surface area (Å²) in [7, 11) is 3.41. The molecule has 1 atom stereocenters. The Kier molecular flexibility index (Phi) is 5.03. The minimum atomic E-state index is 0.285. The predicted molar refractivity (Wildman–Crippen MR) is 75.7 cm³/mol. The standard InChI is InChI=1S/C15H25NO2/c1-9(2)13(8-16)12-7-14(17-5)10(3)11(4)15(12)18-6/h7,9,13H,8,16H2,1-6H3. The van der Waals surface area contributed by atoms with Crippen molar-refractivity contribution in [3.8, 4) is 11.5 Å². The summed E-state index contributed by atoms with van der Waals surface area (Å²) in [5, 5.41) is 0. The molecule has 0 amide bonds. The van der Waals surface area contributed by atoms with Crippen LogP contribution in [-0.2, 0) is 0 Å². The first-order chi connectivity index (χ1) is 8.47. The molecule has 0 heterocycles. The van der Waals surface area contributed by atoms with Crippen molar-refractivity contribution in [2.45, 2.75) is 33.6 Å². The molecule has 1 unspecified atom stereocenters. The van der Waals surface area contributed by atoms with Gasteiger partial charge in [-0.2, -0.15) is 0 Å². The van der Waals surface area contributed by atoms with Gasteiger partial charge in [0.1, 0.15) is 11.5 Å². The topological polar surface area (TPSA) is 44.5 Å². The lowest BCUT2D eigenvalue weighted by atomic mass is 9.86. The van der Waals surface area contributed by atoms with Crippen molar-refractivity contribution in [2.75, 3.05) is 20.8 Å². The maximum atomic E-state index is 5.91. The number of methoxy groups -OCH3 is 2. The van der Waals surface area contributed by atoms with E-state index in [1.807, 2.05) is 6.92 Å². The molecule has 1 rings (SSSR count). The summed E-state index contributed by atoms with van der Waals surface area (Å²) < 4.78 is 11.0. The van der Waals surface area contributed by atoms with E-state index in [2.05, 4.69) is 26.8 Å². The van der Waals surface area contributed by atoms with E-state index in [9.17, 15) is 0 Å². The normalized spacial score (nSPS) is 12.7. The molecule has 0 bridgehead atoms. The van der Waals surface area contributed by atoms with E-state index in [1.54, 1.807) is 14.2 Å². The second-order valence-electron chi connectivity index (χ2n) is 5.04. The second kappa shape index (κ2) is 6.10. The molecule has 2 N–H and O–H groups in total. The van der Waals surface area contributed by atoms with Crippen LogP contribution in [0.4, 0.5) is 0 Å². The summed E-state index contributed by atoms with van der Waals surface area (Å²) in [6.45, 7) is 9.08. The molecular formula is C15H25NO2. The summed E-state index contributed by atoms with van der Waals surface area (Å²) in [4.78, 5) is 0. The van der Waals surface area contributed by atoms with Crippen LogP contribution in [0.3, 0.4) is 0 Å². The second-order valence-corrected chi connectivity index (χ2v) is 5.04. The molecule has 18 heavy (non-hydrogen) atoms. The van der Waals surface area contributed by atoms with E-state index >= 15 is 0 Å². The Morgan fingerprint density at radius 3 is 2.11 bits per heavy atom. The first-order valence-corrected chi connectivity index (χ1v) is 6.40. The van der Waals surface area contributed by atoms with Crippen LogP contribution in [0.15, 0.2) is 6.07 Å². The number of hydrogen-bond donors (Lipinski definition) is 1. The molecule has 0 fully saturated rings. The fraction of sp³-hybridized carbons (Fsp3) is 0.600. The summed E-state index contributed by atoms with van der Waals surface area (Å²) in [5.41, 5.74) is 9.31. The molecule has 0 spiro atoms. The van der Waals surface area contributed by atoms with Crippen molar-refractivity contribution in [1.82, 2.24) is 0 Å². The van der Waals surface area contributed by atoms with E-state index in [0.717, 1.165) is 28.2 Å². The number of nitrogens with two attached hydrogens (primary N) is 1. The Morgan fingerprint density at radius 1 is 1.11 bits per heavy atom. The molecule has 102 valence electrons. The van der Waals surface area contributed by atoms with Crippen LogP contribution in [0.1, 0.15) is 36.5 Å². The third kappa shape index (κ3) is 2.61. The monoisotopic (exact) mass is 251 g/mol. The highest BCUT2D eigenvalue weighted by atomic mass is 16.5. The zero-order valence-corrected chi connectivity index (χ0v) is 12.3. The van der Waals surface area contributed by atoms with Gasteiger partial charge >= 0.3 is 0 Å². The average molecular weight is 251 g/mol. The zero-order chi connectivity index (χ0) is 13.9. The van der Waals surface area contributed by atoms with Crippen LogP contribution in [0, 0.1) is 19.8 Å². The lowest BCUT2D eigenvalue weighted by Crippen LogP contribution is -2.19. The van der Waals surface area contributed by atoms with Crippen LogP contribution in [0.5, 0.6) is 11.5 Å². The van der Waals surface area contributed by atoms with Crippen LogP contribution < -0.4 is 15.2 Å². The number of hydrogen-bond acceptors (Lipinski definition) is 3. The third-order valence-corrected chi connectivity index (χ3v) is 3.70. The van der Waals surface area contributed by atoms with Gasteiger partial charge in [-0.05, 0) is 43.5 Å². The first kappa shape index (κ1) is 14.8. The van der Waals surface area contributed by atoms with Gasteiger partial charge in [-0.1, -0.05) is 13.8 Å². The SMILES string of the molecule is COc1cc(C(CN)C(C)C)c(OC)c(C)c1C. The zero-order valence-electron chi connectivity index (χ0n) is 12.3. The van der Waals surface area contributed by atoms with Gasteiger partial charge in [0.25, 0.3) is 0 Å². The molecular weight excluding hydrogens is 226 g/mol. The van der Waals surface area contributed by atoms with Gasteiger partial charge in [0.2, 0.25) is 0 Å². The lowest BCUT2D eigenvalue weighted by Gasteiger charge is -2.25. The maximum absolute atomic E-state index is 5.91. The maximum Gasteiger partial charge on any atom is 0.125 e. The van der Waals surface area contributed by atoms with Gasteiger partial charge < -0.3 is 15.2 Å². The Labute approximate surface area is 110 Å².